The van der Waals surface area contributed by atoms with Crippen LogP contribution in [0.4, 0.5) is 0 Å². The van der Waals surface area contributed by atoms with E-state index in [1.54, 1.807) is 0 Å². The number of rotatable bonds is 9. The molecule has 3 heteroatoms. The summed E-state index contributed by atoms with van der Waals surface area (Å²) >= 11 is 0. The number of hydrogen-bond donors (Lipinski definition) is 2. The van der Waals surface area contributed by atoms with Gasteiger partial charge in [0, 0.05) is 25.2 Å². The third-order valence-electron chi connectivity index (χ3n) is 2.16. The van der Waals surface area contributed by atoms with Crippen LogP contribution in [0.15, 0.2) is 0 Å². The number of nitrogens with one attached hydrogen (secondary N) is 2. The Bertz CT molecular complexity index is 153. The molecular weight excluding hydrogens is 200 g/mol. The van der Waals surface area contributed by atoms with E-state index in [4.69, 9.17) is 4.74 Å². The van der Waals surface area contributed by atoms with Gasteiger partial charge in [0.2, 0.25) is 0 Å². The van der Waals surface area contributed by atoms with E-state index >= 15 is 0 Å². The number of unbranched alkanes of at least 4 members (excludes halogenated alkanes) is 1. The molecule has 0 amide bonds. The summed E-state index contributed by atoms with van der Waals surface area (Å²) in [6.07, 6.45) is 2.71. The Balaban J connectivity index is 3.05. The first-order valence-corrected chi connectivity index (χ1v) is 6.49. The van der Waals surface area contributed by atoms with Gasteiger partial charge in [0.05, 0.1) is 6.10 Å². The maximum atomic E-state index is 5.47. The van der Waals surface area contributed by atoms with Crippen LogP contribution in [0.1, 0.15) is 47.5 Å². The summed E-state index contributed by atoms with van der Waals surface area (Å²) in [5.74, 6) is 0. The molecule has 0 heterocycles. The molecule has 0 fully saturated rings. The molecule has 0 spiro atoms. The molecule has 0 bridgehead atoms. The van der Waals surface area contributed by atoms with Gasteiger partial charge in [-0.1, -0.05) is 0 Å². The summed E-state index contributed by atoms with van der Waals surface area (Å²) in [6, 6.07) is 0. The Morgan fingerprint density at radius 3 is 2.25 bits per heavy atom. The Hall–Kier alpha value is -0.120. The molecule has 3 nitrogen and oxygen atoms in total. The van der Waals surface area contributed by atoms with Crippen molar-refractivity contribution in [1.29, 1.82) is 0 Å². The highest BCUT2D eigenvalue weighted by molar-refractivity contribution is 4.70. The molecule has 0 saturated carbocycles. The van der Waals surface area contributed by atoms with E-state index in [0.717, 1.165) is 32.7 Å². The van der Waals surface area contributed by atoms with E-state index in [9.17, 15) is 0 Å². The Labute approximate surface area is 101 Å². The van der Waals surface area contributed by atoms with E-state index < -0.39 is 0 Å². The second kappa shape index (κ2) is 8.97. The van der Waals surface area contributed by atoms with Gasteiger partial charge in [0.25, 0.3) is 0 Å². The highest BCUT2D eigenvalue weighted by Crippen LogP contribution is 1.96. The molecular formula is C13H30N2O. The molecule has 0 unspecified atom stereocenters. The van der Waals surface area contributed by atoms with Crippen molar-refractivity contribution in [3.8, 4) is 0 Å². The van der Waals surface area contributed by atoms with Crippen molar-refractivity contribution in [3.63, 3.8) is 0 Å². The van der Waals surface area contributed by atoms with E-state index in [1.165, 1.54) is 6.42 Å². The molecule has 0 aliphatic rings. The lowest BCUT2D eigenvalue weighted by atomic mass is 10.1. The van der Waals surface area contributed by atoms with Crippen LogP contribution in [0.2, 0.25) is 0 Å². The molecule has 2 N–H and O–H groups in total. The van der Waals surface area contributed by atoms with Crippen molar-refractivity contribution in [1.82, 2.24) is 10.6 Å². The monoisotopic (exact) mass is 230 g/mol. The van der Waals surface area contributed by atoms with E-state index in [-0.39, 0.29) is 5.54 Å². The van der Waals surface area contributed by atoms with Crippen molar-refractivity contribution in [3.05, 3.63) is 0 Å². The smallest absolute Gasteiger partial charge is 0.0518 e. The van der Waals surface area contributed by atoms with Crippen LogP contribution in [-0.4, -0.2) is 37.9 Å². The second-order valence-corrected chi connectivity index (χ2v) is 5.55. The maximum absolute atomic E-state index is 5.47. The van der Waals surface area contributed by atoms with Crippen LogP contribution in [0, 0.1) is 0 Å². The molecule has 16 heavy (non-hydrogen) atoms. The van der Waals surface area contributed by atoms with Gasteiger partial charge >= 0.3 is 0 Å². The zero-order valence-electron chi connectivity index (χ0n) is 11.7. The molecule has 0 aromatic heterocycles. The van der Waals surface area contributed by atoms with Crippen molar-refractivity contribution in [2.24, 2.45) is 0 Å². The average Bonchev–Trinajstić information content (AvgIpc) is 2.13. The second-order valence-electron chi connectivity index (χ2n) is 5.55. The Morgan fingerprint density at radius 1 is 1.00 bits per heavy atom. The van der Waals surface area contributed by atoms with Gasteiger partial charge in [-0.2, -0.15) is 0 Å². The van der Waals surface area contributed by atoms with Crippen LogP contribution in [0.5, 0.6) is 0 Å². The van der Waals surface area contributed by atoms with Gasteiger partial charge in [0.1, 0.15) is 0 Å². The molecule has 0 radical (unpaired) electrons. The topological polar surface area (TPSA) is 33.3 Å². The maximum Gasteiger partial charge on any atom is 0.0518 e. The fourth-order valence-corrected chi connectivity index (χ4v) is 1.32. The van der Waals surface area contributed by atoms with Crippen LogP contribution < -0.4 is 10.6 Å². The predicted octanol–water partition coefficient (Wildman–Crippen LogP) is 2.17. The fraction of sp³-hybridized carbons (Fsp3) is 1.00. The summed E-state index contributed by atoms with van der Waals surface area (Å²) in [7, 11) is 0. The third kappa shape index (κ3) is 13.9. The summed E-state index contributed by atoms with van der Waals surface area (Å²) in [5, 5.41) is 6.88. The quantitative estimate of drug-likeness (QED) is 0.596. The summed E-state index contributed by atoms with van der Waals surface area (Å²) in [6.45, 7) is 14.8. The molecule has 0 rings (SSSR count). The lowest BCUT2D eigenvalue weighted by Crippen LogP contribution is -2.40. The van der Waals surface area contributed by atoms with Crippen molar-refractivity contribution in [2.75, 3.05) is 26.2 Å². The predicted molar refractivity (Wildman–Crippen MR) is 70.9 cm³/mol. The number of ether oxygens (including phenoxy) is 1. The standard InChI is InChI=1S/C13H30N2O/c1-12(2)16-11-7-6-8-14-9-10-15-13(3,4)5/h12,14-15H,6-11H2,1-5H3. The average molecular weight is 230 g/mol. The van der Waals surface area contributed by atoms with Crippen molar-refractivity contribution < 1.29 is 4.74 Å². The fourth-order valence-electron chi connectivity index (χ4n) is 1.32. The molecule has 0 aliphatic carbocycles. The molecule has 98 valence electrons. The van der Waals surface area contributed by atoms with Crippen LogP contribution in [0.25, 0.3) is 0 Å². The first-order chi connectivity index (χ1) is 7.42. The Morgan fingerprint density at radius 2 is 1.69 bits per heavy atom. The van der Waals surface area contributed by atoms with E-state index in [1.807, 2.05) is 0 Å². The molecule has 0 aliphatic heterocycles. The SMILES string of the molecule is CC(C)OCCCCNCCNC(C)(C)C. The number of hydrogen-bond acceptors (Lipinski definition) is 3. The largest absolute Gasteiger partial charge is 0.379 e. The highest BCUT2D eigenvalue weighted by atomic mass is 16.5. The minimum Gasteiger partial charge on any atom is -0.379 e. The normalized spacial score (nSPS) is 12.4. The van der Waals surface area contributed by atoms with Gasteiger partial charge in [-0.15, -0.1) is 0 Å². The van der Waals surface area contributed by atoms with Crippen molar-refractivity contribution in [2.45, 2.75) is 59.1 Å². The molecule has 0 aromatic carbocycles. The minimum atomic E-state index is 0.229. The van der Waals surface area contributed by atoms with Gasteiger partial charge in [-0.3, -0.25) is 0 Å². The summed E-state index contributed by atoms with van der Waals surface area (Å²) in [5.41, 5.74) is 0.229. The van der Waals surface area contributed by atoms with Gasteiger partial charge in [-0.25, -0.2) is 0 Å². The zero-order valence-corrected chi connectivity index (χ0v) is 11.7. The van der Waals surface area contributed by atoms with E-state index in [2.05, 4.69) is 45.3 Å². The minimum absolute atomic E-state index is 0.229. The molecule has 0 aromatic rings. The third-order valence-corrected chi connectivity index (χ3v) is 2.16. The van der Waals surface area contributed by atoms with Crippen molar-refractivity contribution >= 4 is 0 Å². The molecule has 0 saturated heterocycles. The Kier molecular flexibility index (Phi) is 8.90. The first kappa shape index (κ1) is 15.9. The highest BCUT2D eigenvalue weighted by Gasteiger charge is 2.06. The van der Waals surface area contributed by atoms with Gasteiger partial charge in [0.15, 0.2) is 0 Å². The lowest BCUT2D eigenvalue weighted by Gasteiger charge is -2.20. The lowest BCUT2D eigenvalue weighted by molar-refractivity contribution is 0.0760. The summed E-state index contributed by atoms with van der Waals surface area (Å²) in [4.78, 5) is 0. The van der Waals surface area contributed by atoms with E-state index in [0.29, 0.717) is 6.10 Å². The van der Waals surface area contributed by atoms with Crippen LogP contribution in [0.3, 0.4) is 0 Å². The zero-order chi connectivity index (χ0) is 12.4. The van der Waals surface area contributed by atoms with Crippen LogP contribution >= 0.6 is 0 Å². The van der Waals surface area contributed by atoms with Gasteiger partial charge < -0.3 is 15.4 Å². The van der Waals surface area contributed by atoms with Gasteiger partial charge in [-0.05, 0) is 54.0 Å². The summed E-state index contributed by atoms with van der Waals surface area (Å²) < 4.78 is 5.47. The molecule has 0 atom stereocenters. The van der Waals surface area contributed by atoms with Crippen LogP contribution in [-0.2, 0) is 4.74 Å². The first-order valence-electron chi connectivity index (χ1n) is 6.49.